The number of methoxy groups -OCH3 is 2. The molecule has 1 aromatic heterocycles. The van der Waals surface area contributed by atoms with Crippen molar-refractivity contribution in [2.24, 2.45) is 4.99 Å². The molecule has 0 amide bonds. The van der Waals surface area contributed by atoms with Crippen molar-refractivity contribution in [2.45, 2.75) is 19.9 Å². The Morgan fingerprint density at radius 2 is 1.86 bits per heavy atom. The molecule has 0 unspecified atom stereocenters. The highest BCUT2D eigenvalue weighted by Gasteiger charge is 2.31. The Kier molecular flexibility index (Phi) is 8.03. The summed E-state index contributed by atoms with van der Waals surface area (Å²) in [6.45, 7) is 4.61. The molecule has 1 N–H and O–H groups in total. The van der Waals surface area contributed by atoms with Crippen molar-refractivity contribution in [2.75, 3.05) is 27.4 Å². The number of thiazole rings is 1. The maximum absolute atomic E-state index is 13.7. The molecular formula is C26H25BrN2O7S. The molecule has 2 heterocycles. The first-order valence-corrected chi connectivity index (χ1v) is 13.0. The van der Waals surface area contributed by atoms with Crippen LogP contribution in [0, 0.1) is 0 Å². The molecule has 0 bridgehead atoms. The van der Waals surface area contributed by atoms with Crippen molar-refractivity contribution in [3.05, 3.63) is 77.4 Å². The minimum Gasteiger partial charge on any atom is -0.503 e. The van der Waals surface area contributed by atoms with E-state index in [1.54, 1.807) is 36.4 Å². The Morgan fingerprint density at radius 1 is 1.14 bits per heavy atom. The van der Waals surface area contributed by atoms with Gasteiger partial charge in [-0.15, -0.1) is 0 Å². The number of phenols is 1. The van der Waals surface area contributed by atoms with Gasteiger partial charge in [0.15, 0.2) is 27.8 Å². The average Bonchev–Trinajstić information content (AvgIpc) is 3.21. The first-order valence-electron chi connectivity index (χ1n) is 11.4. The van der Waals surface area contributed by atoms with Crippen molar-refractivity contribution in [1.29, 1.82) is 0 Å². The lowest BCUT2D eigenvalue weighted by atomic mass is 9.97. The summed E-state index contributed by atoms with van der Waals surface area (Å²) in [6, 6.07) is 7.82. The zero-order valence-corrected chi connectivity index (χ0v) is 23.0. The first kappa shape index (κ1) is 26.5. The summed E-state index contributed by atoms with van der Waals surface area (Å²) in [4.78, 5) is 31.2. The van der Waals surface area contributed by atoms with Gasteiger partial charge in [0, 0.05) is 6.20 Å². The lowest BCUT2D eigenvalue weighted by Crippen LogP contribution is -2.39. The number of carbonyl (C=O) groups is 1. The number of esters is 1. The fourth-order valence-corrected chi connectivity index (χ4v) is 5.40. The molecule has 0 fully saturated rings. The molecule has 1 aliphatic rings. The molecule has 0 aliphatic carbocycles. The highest BCUT2D eigenvalue weighted by atomic mass is 79.9. The number of benzene rings is 2. The number of phenolic OH excluding ortho intramolecular Hbond substituents is 1. The van der Waals surface area contributed by atoms with E-state index in [1.807, 2.05) is 13.8 Å². The number of aromatic nitrogens is 1. The number of carbonyl (C=O) groups excluding carboxylic acids is 1. The molecule has 0 radical (unpaired) electrons. The summed E-state index contributed by atoms with van der Waals surface area (Å²) in [5, 5.41) is 10.1. The molecule has 0 spiro atoms. The molecule has 9 nitrogen and oxygen atoms in total. The average molecular weight is 589 g/mol. The molecule has 1 aliphatic heterocycles. The number of fused-ring (bicyclic) bond motifs is 1. The Balaban J connectivity index is 1.91. The number of aromatic hydroxyl groups is 1. The van der Waals surface area contributed by atoms with Crippen LogP contribution in [0.5, 0.6) is 23.0 Å². The van der Waals surface area contributed by atoms with E-state index in [0.29, 0.717) is 49.6 Å². The van der Waals surface area contributed by atoms with Gasteiger partial charge in [-0.2, -0.15) is 0 Å². The molecule has 0 saturated carbocycles. The predicted molar refractivity (Wildman–Crippen MR) is 142 cm³/mol. The first-order chi connectivity index (χ1) is 17.8. The molecule has 1 atom stereocenters. The number of nitrogens with zero attached hydrogens (tertiary/aromatic N) is 2. The van der Waals surface area contributed by atoms with Gasteiger partial charge in [0.1, 0.15) is 0 Å². The standard InChI is InChI=1S/C26H25BrN2O7S/c1-5-35-18-8-7-15(12-19(18)36-6-2)22-16(25(32)34-4)13-28-26-29(22)24(31)21(37-26)11-14-9-17(27)23(30)20(10-14)33-3/h7-13,22,30H,5-6H2,1-4H3/b21-11-/t22-/m0/s1. The van der Waals surface area contributed by atoms with Gasteiger partial charge < -0.3 is 24.1 Å². The Hall–Kier alpha value is -3.57. The number of rotatable bonds is 8. The number of hydrogen-bond donors (Lipinski definition) is 1. The van der Waals surface area contributed by atoms with Gasteiger partial charge in [-0.05, 0) is 71.2 Å². The maximum Gasteiger partial charge on any atom is 0.337 e. The van der Waals surface area contributed by atoms with Crippen LogP contribution in [0.3, 0.4) is 0 Å². The van der Waals surface area contributed by atoms with Crippen LogP contribution in [-0.4, -0.2) is 43.1 Å². The van der Waals surface area contributed by atoms with Gasteiger partial charge in [0.2, 0.25) is 0 Å². The second-order valence-corrected chi connectivity index (χ2v) is 9.67. The molecule has 4 rings (SSSR count). The van der Waals surface area contributed by atoms with Crippen LogP contribution in [0.15, 0.2) is 56.4 Å². The van der Waals surface area contributed by atoms with E-state index < -0.39 is 12.0 Å². The zero-order chi connectivity index (χ0) is 26.7. The molecule has 0 saturated heterocycles. The third-order valence-corrected chi connectivity index (χ3v) is 7.18. The Bertz CT molecular complexity index is 1560. The largest absolute Gasteiger partial charge is 0.503 e. The lowest BCUT2D eigenvalue weighted by molar-refractivity contribution is -0.136. The highest BCUT2D eigenvalue weighted by molar-refractivity contribution is 9.10. The monoisotopic (exact) mass is 588 g/mol. The second kappa shape index (κ2) is 11.2. The van der Waals surface area contributed by atoms with Gasteiger partial charge in [0.05, 0.1) is 48.1 Å². The Labute approximate surface area is 225 Å². The van der Waals surface area contributed by atoms with Gasteiger partial charge in [0.25, 0.3) is 5.56 Å². The molecule has 3 aromatic rings. The lowest BCUT2D eigenvalue weighted by Gasteiger charge is -2.23. The van der Waals surface area contributed by atoms with E-state index in [-0.39, 0.29) is 22.6 Å². The van der Waals surface area contributed by atoms with Gasteiger partial charge in [-0.1, -0.05) is 17.4 Å². The Morgan fingerprint density at radius 3 is 2.54 bits per heavy atom. The van der Waals surface area contributed by atoms with Gasteiger partial charge >= 0.3 is 5.97 Å². The molecular weight excluding hydrogens is 564 g/mol. The number of hydrogen-bond acceptors (Lipinski definition) is 9. The summed E-state index contributed by atoms with van der Waals surface area (Å²) in [5.74, 6) is 0.700. The minimum atomic E-state index is -0.790. The van der Waals surface area contributed by atoms with Crippen LogP contribution in [0.25, 0.3) is 6.08 Å². The zero-order valence-electron chi connectivity index (χ0n) is 20.6. The molecule has 2 aromatic carbocycles. The summed E-state index contributed by atoms with van der Waals surface area (Å²) >= 11 is 4.49. The van der Waals surface area contributed by atoms with Crippen molar-refractivity contribution < 1.29 is 28.8 Å². The van der Waals surface area contributed by atoms with Gasteiger partial charge in [-0.25, -0.2) is 9.79 Å². The number of halogens is 1. The van der Waals surface area contributed by atoms with Gasteiger partial charge in [-0.3, -0.25) is 9.36 Å². The van der Waals surface area contributed by atoms with Crippen LogP contribution >= 0.6 is 27.3 Å². The third kappa shape index (κ3) is 5.14. The molecule has 11 heteroatoms. The van der Waals surface area contributed by atoms with E-state index in [2.05, 4.69) is 20.9 Å². The van der Waals surface area contributed by atoms with Crippen molar-refractivity contribution in [3.63, 3.8) is 0 Å². The van der Waals surface area contributed by atoms with E-state index >= 15 is 0 Å². The fraction of sp³-hybridized carbons (Fsp3) is 0.269. The minimum absolute atomic E-state index is 0.0376. The highest BCUT2D eigenvalue weighted by Crippen LogP contribution is 2.36. The summed E-state index contributed by atoms with van der Waals surface area (Å²) in [7, 11) is 2.73. The van der Waals surface area contributed by atoms with E-state index in [0.717, 1.165) is 0 Å². The second-order valence-electron chi connectivity index (χ2n) is 7.80. The van der Waals surface area contributed by atoms with Crippen LogP contribution in [0.2, 0.25) is 0 Å². The SMILES string of the molecule is CCOc1ccc([C@H]2C(C(=O)OC)=CN=c3s/c(=C\c4cc(Br)c(O)c(OC)c4)c(=O)n32)cc1OCC. The van der Waals surface area contributed by atoms with Crippen molar-refractivity contribution in [3.8, 4) is 23.0 Å². The van der Waals surface area contributed by atoms with E-state index in [1.165, 1.54) is 36.3 Å². The van der Waals surface area contributed by atoms with E-state index in [9.17, 15) is 14.7 Å². The fourth-order valence-electron chi connectivity index (χ4n) is 3.97. The third-order valence-electron chi connectivity index (χ3n) is 5.58. The predicted octanol–water partition coefficient (Wildman–Crippen LogP) is 3.29. The van der Waals surface area contributed by atoms with Crippen molar-refractivity contribution in [1.82, 2.24) is 4.57 Å². The summed E-state index contributed by atoms with van der Waals surface area (Å²) < 4.78 is 24.0. The van der Waals surface area contributed by atoms with Crippen LogP contribution < -0.4 is 29.1 Å². The molecule has 194 valence electrons. The van der Waals surface area contributed by atoms with Crippen LogP contribution in [0.1, 0.15) is 31.0 Å². The quantitative estimate of drug-likeness (QED) is 0.402. The number of ether oxygens (including phenoxy) is 4. The summed E-state index contributed by atoms with van der Waals surface area (Å²) in [5.41, 5.74) is 1.15. The summed E-state index contributed by atoms with van der Waals surface area (Å²) in [6.07, 6.45) is 3.11. The maximum atomic E-state index is 13.7. The van der Waals surface area contributed by atoms with E-state index in [4.69, 9.17) is 18.9 Å². The normalized spacial score (nSPS) is 14.9. The van der Waals surface area contributed by atoms with Crippen molar-refractivity contribution >= 4 is 39.3 Å². The topological polar surface area (TPSA) is 109 Å². The van der Waals surface area contributed by atoms with Crippen LogP contribution in [-0.2, 0) is 9.53 Å². The van der Waals surface area contributed by atoms with Crippen LogP contribution in [0.4, 0.5) is 0 Å². The molecule has 37 heavy (non-hydrogen) atoms. The smallest absolute Gasteiger partial charge is 0.337 e.